The first-order valence-electron chi connectivity index (χ1n) is 14.3. The molecule has 43 heavy (non-hydrogen) atoms. The van der Waals surface area contributed by atoms with Crippen LogP contribution in [0.25, 0.3) is 75.7 Å². The van der Waals surface area contributed by atoms with Crippen LogP contribution in [0.2, 0.25) is 0 Å². The number of nitrogens with zero attached hydrogens (tertiary/aromatic N) is 3. The standard InChI is InChI=1S/C39H25N3Se/c1-4-12-26(13-5-1)29-18-10-19-30(24-29)38-40-37(28-16-8-3-9-17-28)41-39(42-38)31-22-23-33-34-21-11-20-32(27-14-6-2-7-15-27)36(34)43-35(33)25-31/h1-25H. The van der Waals surface area contributed by atoms with Crippen LogP contribution in [0.1, 0.15) is 0 Å². The Morgan fingerprint density at radius 1 is 0.349 bits per heavy atom. The fraction of sp³-hybridized carbons (Fsp3) is 0. The average molecular weight is 615 g/mol. The molecule has 0 spiro atoms. The Kier molecular flexibility index (Phi) is 6.49. The molecule has 4 heteroatoms. The van der Waals surface area contributed by atoms with Crippen molar-refractivity contribution in [1.82, 2.24) is 15.0 Å². The summed E-state index contributed by atoms with van der Waals surface area (Å²) in [7, 11) is 0. The summed E-state index contributed by atoms with van der Waals surface area (Å²) in [5.74, 6) is 2.03. The van der Waals surface area contributed by atoms with Crippen molar-refractivity contribution in [1.29, 1.82) is 0 Å². The van der Waals surface area contributed by atoms with Crippen LogP contribution in [0.5, 0.6) is 0 Å². The predicted molar refractivity (Wildman–Crippen MR) is 179 cm³/mol. The second-order valence-corrected chi connectivity index (χ2v) is 12.7. The number of aromatic nitrogens is 3. The number of hydrogen-bond donors (Lipinski definition) is 0. The number of benzene rings is 6. The summed E-state index contributed by atoms with van der Waals surface area (Å²) < 4.78 is 2.80. The van der Waals surface area contributed by atoms with Crippen molar-refractivity contribution >= 4 is 33.8 Å². The number of fused-ring (bicyclic) bond motifs is 3. The van der Waals surface area contributed by atoms with Crippen LogP contribution in [-0.2, 0) is 0 Å². The minimum atomic E-state index is 0.176. The van der Waals surface area contributed by atoms with Gasteiger partial charge in [0.15, 0.2) is 0 Å². The summed E-state index contributed by atoms with van der Waals surface area (Å²) in [6.45, 7) is 0. The first-order chi connectivity index (χ1) is 21.3. The van der Waals surface area contributed by atoms with Crippen molar-refractivity contribution in [3.05, 3.63) is 152 Å². The molecule has 0 saturated heterocycles. The molecular weight excluding hydrogens is 589 g/mol. The Morgan fingerprint density at radius 3 is 1.58 bits per heavy atom. The van der Waals surface area contributed by atoms with E-state index in [4.69, 9.17) is 15.0 Å². The molecule has 3 nitrogen and oxygen atoms in total. The van der Waals surface area contributed by atoms with E-state index in [2.05, 4.69) is 127 Å². The maximum atomic E-state index is 5.06. The molecule has 6 aromatic carbocycles. The zero-order valence-electron chi connectivity index (χ0n) is 23.2. The third-order valence-electron chi connectivity index (χ3n) is 7.74. The van der Waals surface area contributed by atoms with Gasteiger partial charge in [0.1, 0.15) is 0 Å². The van der Waals surface area contributed by atoms with E-state index in [1.807, 2.05) is 24.3 Å². The summed E-state index contributed by atoms with van der Waals surface area (Å²) in [6, 6.07) is 53.1. The van der Waals surface area contributed by atoms with E-state index >= 15 is 0 Å². The Morgan fingerprint density at radius 2 is 0.884 bits per heavy atom. The van der Waals surface area contributed by atoms with Gasteiger partial charge in [-0.2, -0.15) is 0 Å². The quantitative estimate of drug-likeness (QED) is 0.181. The first-order valence-corrected chi connectivity index (χ1v) is 16.0. The maximum absolute atomic E-state index is 5.06. The number of rotatable bonds is 5. The van der Waals surface area contributed by atoms with Gasteiger partial charge in [0.05, 0.1) is 0 Å². The molecule has 0 bridgehead atoms. The summed E-state index contributed by atoms with van der Waals surface area (Å²) in [4.78, 5) is 15.0. The normalized spacial score (nSPS) is 11.3. The topological polar surface area (TPSA) is 38.7 Å². The molecule has 0 radical (unpaired) electrons. The van der Waals surface area contributed by atoms with Crippen molar-refractivity contribution in [3.8, 4) is 56.4 Å². The second kappa shape index (κ2) is 10.9. The van der Waals surface area contributed by atoms with E-state index in [1.54, 1.807) is 0 Å². The van der Waals surface area contributed by atoms with Crippen LogP contribution in [-0.4, -0.2) is 29.5 Å². The van der Waals surface area contributed by atoms with Crippen molar-refractivity contribution < 1.29 is 0 Å². The van der Waals surface area contributed by atoms with E-state index in [0.717, 1.165) is 27.8 Å². The third kappa shape index (κ3) is 4.87. The molecule has 0 aliphatic carbocycles. The molecule has 8 rings (SSSR count). The second-order valence-electron chi connectivity index (χ2n) is 10.5. The van der Waals surface area contributed by atoms with Gasteiger partial charge in [-0.15, -0.1) is 0 Å². The van der Waals surface area contributed by atoms with Gasteiger partial charge >= 0.3 is 251 Å². The molecule has 0 fully saturated rings. The summed E-state index contributed by atoms with van der Waals surface area (Å²) in [6.07, 6.45) is 0. The Balaban J connectivity index is 1.28. The minimum absolute atomic E-state index is 0.176. The van der Waals surface area contributed by atoms with E-state index in [-0.39, 0.29) is 14.5 Å². The molecule has 2 aromatic heterocycles. The molecule has 202 valence electrons. The van der Waals surface area contributed by atoms with Gasteiger partial charge in [0, 0.05) is 0 Å². The molecular formula is C39H25N3Se. The molecule has 2 heterocycles. The van der Waals surface area contributed by atoms with E-state index in [0.29, 0.717) is 17.5 Å². The molecule has 0 saturated carbocycles. The predicted octanol–water partition coefficient (Wildman–Crippen LogP) is 9.57. The van der Waals surface area contributed by atoms with Crippen LogP contribution in [0.3, 0.4) is 0 Å². The van der Waals surface area contributed by atoms with Gasteiger partial charge in [-0.3, -0.25) is 0 Å². The van der Waals surface area contributed by atoms with Crippen molar-refractivity contribution in [2.75, 3.05) is 0 Å². The molecule has 0 N–H and O–H groups in total. The summed E-state index contributed by atoms with van der Waals surface area (Å²) >= 11 is 0.176. The van der Waals surface area contributed by atoms with Gasteiger partial charge < -0.3 is 0 Å². The Hall–Kier alpha value is -5.15. The van der Waals surface area contributed by atoms with E-state index in [9.17, 15) is 0 Å². The molecule has 0 atom stereocenters. The Labute approximate surface area is 255 Å². The van der Waals surface area contributed by atoms with Crippen molar-refractivity contribution in [2.24, 2.45) is 0 Å². The molecule has 0 aliphatic heterocycles. The van der Waals surface area contributed by atoms with Gasteiger partial charge in [0.2, 0.25) is 0 Å². The first kappa shape index (κ1) is 25.6. The zero-order valence-corrected chi connectivity index (χ0v) is 24.9. The van der Waals surface area contributed by atoms with Crippen LogP contribution in [0.4, 0.5) is 0 Å². The van der Waals surface area contributed by atoms with Gasteiger partial charge in [-0.25, -0.2) is 0 Å². The van der Waals surface area contributed by atoms with E-state index in [1.165, 1.54) is 30.4 Å². The fourth-order valence-electron chi connectivity index (χ4n) is 5.60. The summed E-state index contributed by atoms with van der Waals surface area (Å²) in [5.41, 5.74) is 7.83. The Bertz CT molecular complexity index is 2220. The van der Waals surface area contributed by atoms with Crippen LogP contribution in [0.15, 0.2) is 152 Å². The average Bonchev–Trinajstić information content (AvgIpc) is 3.47. The van der Waals surface area contributed by atoms with Gasteiger partial charge in [-0.05, 0) is 0 Å². The monoisotopic (exact) mass is 615 g/mol. The fourth-order valence-corrected chi connectivity index (χ4v) is 8.28. The molecule has 0 aliphatic rings. The zero-order chi connectivity index (χ0) is 28.6. The summed E-state index contributed by atoms with van der Waals surface area (Å²) in [5, 5.41) is 2.64. The number of hydrogen-bond acceptors (Lipinski definition) is 3. The van der Waals surface area contributed by atoms with Crippen molar-refractivity contribution in [2.45, 2.75) is 0 Å². The van der Waals surface area contributed by atoms with Crippen LogP contribution < -0.4 is 0 Å². The molecule has 8 aromatic rings. The van der Waals surface area contributed by atoms with Crippen LogP contribution >= 0.6 is 0 Å². The van der Waals surface area contributed by atoms with Crippen LogP contribution in [0, 0.1) is 0 Å². The molecule has 0 amide bonds. The van der Waals surface area contributed by atoms with Gasteiger partial charge in [-0.1, -0.05) is 6.07 Å². The van der Waals surface area contributed by atoms with Crippen molar-refractivity contribution in [3.63, 3.8) is 0 Å². The molecule has 0 unspecified atom stereocenters. The third-order valence-corrected chi connectivity index (χ3v) is 10.3. The van der Waals surface area contributed by atoms with Gasteiger partial charge in [0.25, 0.3) is 0 Å². The van der Waals surface area contributed by atoms with E-state index < -0.39 is 0 Å². The SMILES string of the molecule is c1ccc(-c2cccc(-c3nc(-c4ccccc4)nc(-c4ccc5c(c4)[se]c4c(-c6ccccc6)cccc45)n3)c2)cc1.